The largest absolute Gasteiger partial charge is 0.487 e. The van der Waals surface area contributed by atoms with Gasteiger partial charge in [-0.15, -0.1) is 11.3 Å². The number of nitrogens with zero attached hydrogens (tertiary/aromatic N) is 3. The van der Waals surface area contributed by atoms with E-state index in [-0.39, 0.29) is 18.5 Å². The molecule has 0 spiro atoms. The summed E-state index contributed by atoms with van der Waals surface area (Å²) in [5, 5.41) is 7.34. The summed E-state index contributed by atoms with van der Waals surface area (Å²) < 4.78 is 25.6. The van der Waals surface area contributed by atoms with E-state index in [9.17, 15) is 4.39 Å². The number of ether oxygens (including phenoxy) is 2. The molecule has 39 heavy (non-hydrogen) atoms. The Morgan fingerprint density at radius 1 is 1.18 bits per heavy atom. The molecule has 2 aromatic carbocycles. The van der Waals surface area contributed by atoms with E-state index in [4.69, 9.17) is 21.1 Å². The number of morpholine rings is 1. The van der Waals surface area contributed by atoms with Gasteiger partial charge in [0.1, 0.15) is 24.5 Å². The summed E-state index contributed by atoms with van der Waals surface area (Å²) in [6, 6.07) is 14.4. The summed E-state index contributed by atoms with van der Waals surface area (Å²) in [4.78, 5) is 12.3. The number of rotatable bonds is 6. The molecule has 6 rings (SSSR count). The van der Waals surface area contributed by atoms with Gasteiger partial charge in [0.2, 0.25) is 0 Å². The van der Waals surface area contributed by atoms with Crippen molar-refractivity contribution < 1.29 is 13.9 Å². The van der Waals surface area contributed by atoms with Crippen molar-refractivity contribution in [3.8, 4) is 17.6 Å². The molecule has 0 aliphatic carbocycles. The van der Waals surface area contributed by atoms with Gasteiger partial charge in [-0.2, -0.15) is 0 Å². The van der Waals surface area contributed by atoms with Gasteiger partial charge >= 0.3 is 0 Å². The third kappa shape index (κ3) is 6.32. The molecule has 2 N–H and O–H groups in total. The second-order valence-corrected chi connectivity index (χ2v) is 11.0. The fourth-order valence-electron chi connectivity index (χ4n) is 4.83. The minimum atomic E-state index is -0.298. The molecule has 10 heteroatoms. The number of benzene rings is 2. The highest BCUT2D eigenvalue weighted by Crippen LogP contribution is 2.33. The number of fused-ring (bicyclic) bond motifs is 1. The van der Waals surface area contributed by atoms with Gasteiger partial charge in [0.05, 0.1) is 39.4 Å². The lowest BCUT2D eigenvalue weighted by atomic mass is 10.1. The van der Waals surface area contributed by atoms with Crippen LogP contribution in [-0.4, -0.2) is 59.8 Å². The van der Waals surface area contributed by atoms with E-state index in [1.807, 2.05) is 12.1 Å². The lowest BCUT2D eigenvalue weighted by Gasteiger charge is -2.31. The van der Waals surface area contributed by atoms with E-state index in [2.05, 4.69) is 37.3 Å². The highest BCUT2D eigenvalue weighted by atomic mass is 35.5. The van der Waals surface area contributed by atoms with Gasteiger partial charge in [-0.3, -0.25) is 4.90 Å². The molecular formula is C29H27ClFN5O2S. The molecule has 0 bridgehead atoms. The zero-order valence-corrected chi connectivity index (χ0v) is 22.7. The first kappa shape index (κ1) is 26.0. The van der Waals surface area contributed by atoms with Crippen molar-refractivity contribution >= 4 is 44.7 Å². The maximum absolute atomic E-state index is 13.4. The standard InChI is InChI=1S/C29H27ClFN5O2S/c30-25-14-22(5-7-27(25)38-17-19-2-1-3-20(31)12-19)35-29-28-26(33-18-34-29)15-24(39-28)6-4-21-13-23(16-32-21)36-8-10-37-11-9-36/h1-3,5,7,12,14-15,18,21,23,32H,8-11,13,16-17H2,(H,33,34,35)/t21-,23+/m1/s1. The number of nitrogens with one attached hydrogen (secondary N) is 2. The number of halogens is 2. The molecule has 4 aromatic rings. The van der Waals surface area contributed by atoms with Crippen LogP contribution in [0.15, 0.2) is 54.9 Å². The van der Waals surface area contributed by atoms with Gasteiger partial charge in [0.25, 0.3) is 0 Å². The molecular weight excluding hydrogens is 537 g/mol. The van der Waals surface area contributed by atoms with Crippen LogP contribution in [0.25, 0.3) is 10.2 Å². The molecule has 2 aromatic heterocycles. The smallest absolute Gasteiger partial charge is 0.151 e. The van der Waals surface area contributed by atoms with E-state index in [1.54, 1.807) is 35.6 Å². The second-order valence-electron chi connectivity index (χ2n) is 9.50. The second kappa shape index (κ2) is 11.9. The third-order valence-corrected chi connectivity index (χ3v) is 8.17. The van der Waals surface area contributed by atoms with Crippen LogP contribution >= 0.6 is 22.9 Å². The average Bonchev–Trinajstić information content (AvgIpc) is 3.60. The van der Waals surface area contributed by atoms with E-state index in [1.165, 1.54) is 18.5 Å². The Bertz CT molecular complexity index is 1530. The molecule has 0 saturated carbocycles. The Morgan fingerprint density at radius 2 is 2.08 bits per heavy atom. The Kier molecular flexibility index (Phi) is 7.90. The lowest BCUT2D eigenvalue weighted by Crippen LogP contribution is -2.44. The van der Waals surface area contributed by atoms with Crippen LogP contribution in [0, 0.1) is 17.7 Å². The topological polar surface area (TPSA) is 71.5 Å². The fraction of sp³-hybridized carbons (Fsp3) is 0.310. The SMILES string of the molecule is Fc1cccc(COc2ccc(Nc3ncnc4cc(C#C[C@@H]5C[C@H](N6CCOCC6)CN5)sc34)cc2Cl)c1. The highest BCUT2D eigenvalue weighted by Gasteiger charge is 2.28. The van der Waals surface area contributed by atoms with Crippen molar-refractivity contribution in [1.29, 1.82) is 0 Å². The zero-order chi connectivity index (χ0) is 26.6. The number of hydrogen-bond acceptors (Lipinski definition) is 8. The summed E-state index contributed by atoms with van der Waals surface area (Å²) in [6.45, 7) is 4.79. The molecule has 2 aliphatic rings. The quantitative estimate of drug-likeness (QED) is 0.312. The van der Waals surface area contributed by atoms with Crippen molar-refractivity contribution in [2.75, 3.05) is 38.2 Å². The highest BCUT2D eigenvalue weighted by molar-refractivity contribution is 7.20. The van der Waals surface area contributed by atoms with Crippen LogP contribution < -0.4 is 15.4 Å². The van der Waals surface area contributed by atoms with Crippen LogP contribution in [0.5, 0.6) is 5.75 Å². The van der Waals surface area contributed by atoms with Crippen LogP contribution in [-0.2, 0) is 11.3 Å². The molecule has 4 heterocycles. The molecule has 2 atom stereocenters. The van der Waals surface area contributed by atoms with Crippen molar-refractivity contribution in [3.05, 3.63) is 76.1 Å². The van der Waals surface area contributed by atoms with Gasteiger partial charge in [-0.1, -0.05) is 35.6 Å². The monoisotopic (exact) mass is 563 g/mol. The fourth-order valence-corrected chi connectivity index (χ4v) is 5.98. The van der Waals surface area contributed by atoms with Crippen LogP contribution in [0.2, 0.25) is 5.02 Å². The predicted octanol–water partition coefficient (Wildman–Crippen LogP) is 5.22. The first-order valence-corrected chi connectivity index (χ1v) is 14.1. The Hall–Kier alpha value is -3.26. The third-order valence-electron chi connectivity index (χ3n) is 6.83. The van der Waals surface area contributed by atoms with E-state index >= 15 is 0 Å². The number of anilines is 2. The van der Waals surface area contributed by atoms with Crippen molar-refractivity contribution in [2.24, 2.45) is 0 Å². The Morgan fingerprint density at radius 3 is 2.92 bits per heavy atom. The van der Waals surface area contributed by atoms with Crippen LogP contribution in [0.3, 0.4) is 0 Å². The van der Waals surface area contributed by atoms with Crippen molar-refractivity contribution in [3.63, 3.8) is 0 Å². The van der Waals surface area contributed by atoms with E-state index in [0.29, 0.717) is 22.6 Å². The molecule has 7 nitrogen and oxygen atoms in total. The van der Waals surface area contributed by atoms with Gasteiger partial charge < -0.3 is 20.1 Å². The summed E-state index contributed by atoms with van der Waals surface area (Å²) in [5.74, 6) is 7.66. The first-order valence-electron chi connectivity index (χ1n) is 12.9. The average molecular weight is 564 g/mol. The Labute approximate surface area is 235 Å². The molecule has 0 amide bonds. The lowest BCUT2D eigenvalue weighted by molar-refractivity contribution is 0.0203. The van der Waals surface area contributed by atoms with Gasteiger partial charge in [0, 0.05) is 31.4 Å². The number of aromatic nitrogens is 2. The summed E-state index contributed by atoms with van der Waals surface area (Å²) >= 11 is 8.04. The maximum atomic E-state index is 13.4. The zero-order valence-electron chi connectivity index (χ0n) is 21.1. The molecule has 0 unspecified atom stereocenters. The molecule has 200 valence electrons. The summed E-state index contributed by atoms with van der Waals surface area (Å²) in [5.41, 5.74) is 2.34. The van der Waals surface area contributed by atoms with Crippen molar-refractivity contribution in [2.45, 2.75) is 25.1 Å². The summed E-state index contributed by atoms with van der Waals surface area (Å²) in [6.07, 6.45) is 2.56. The molecule has 2 saturated heterocycles. The van der Waals surface area contributed by atoms with Gasteiger partial charge in [0.15, 0.2) is 5.82 Å². The number of thiophene rings is 1. The minimum Gasteiger partial charge on any atom is -0.487 e. The molecule has 0 radical (unpaired) electrons. The molecule has 2 fully saturated rings. The normalized spacial score (nSPS) is 19.5. The summed E-state index contributed by atoms with van der Waals surface area (Å²) in [7, 11) is 0. The first-order chi connectivity index (χ1) is 19.1. The predicted molar refractivity (Wildman–Crippen MR) is 152 cm³/mol. The Balaban J connectivity index is 1.11. The molecule has 2 aliphatic heterocycles. The maximum Gasteiger partial charge on any atom is 0.151 e. The minimum absolute atomic E-state index is 0.176. The van der Waals surface area contributed by atoms with Crippen LogP contribution in [0.4, 0.5) is 15.9 Å². The van der Waals surface area contributed by atoms with Crippen molar-refractivity contribution in [1.82, 2.24) is 20.2 Å². The number of hydrogen-bond donors (Lipinski definition) is 2. The van der Waals surface area contributed by atoms with Gasteiger partial charge in [-0.05, 0) is 48.4 Å². The van der Waals surface area contributed by atoms with Crippen LogP contribution in [0.1, 0.15) is 16.9 Å². The van der Waals surface area contributed by atoms with E-state index < -0.39 is 0 Å². The van der Waals surface area contributed by atoms with Gasteiger partial charge in [-0.25, -0.2) is 14.4 Å². The van der Waals surface area contributed by atoms with E-state index in [0.717, 1.165) is 65.6 Å².